The molecule has 0 unspecified atom stereocenters. The summed E-state index contributed by atoms with van der Waals surface area (Å²) in [5, 5.41) is 14.2. The lowest BCUT2D eigenvalue weighted by molar-refractivity contribution is 0.451. The molecule has 0 saturated heterocycles. The Morgan fingerprint density at radius 3 is 2.25 bits per heavy atom. The van der Waals surface area contributed by atoms with Gasteiger partial charge >= 0.3 is 0 Å². The number of thiocarbonyl (C=S) groups is 1. The molecule has 4 heteroatoms. The molecule has 0 aliphatic carbocycles. The van der Waals surface area contributed by atoms with Crippen molar-refractivity contribution in [3.63, 3.8) is 0 Å². The molecule has 0 spiro atoms. The number of hydrogen-bond donors (Lipinski definition) is 0. The highest BCUT2D eigenvalue weighted by Gasteiger charge is 2.18. The van der Waals surface area contributed by atoms with Crippen LogP contribution in [0, 0.1) is 11.3 Å². The molecule has 4 rings (SSSR count). The van der Waals surface area contributed by atoms with E-state index in [1.54, 1.807) is 11.0 Å². The van der Waals surface area contributed by atoms with Crippen LogP contribution in [0.15, 0.2) is 72.8 Å². The summed E-state index contributed by atoms with van der Waals surface area (Å²) in [6.07, 6.45) is 0. The fourth-order valence-electron chi connectivity index (χ4n) is 3.43. The molecule has 28 heavy (non-hydrogen) atoms. The maximum Gasteiger partial charge on any atom is 0.264 e. The van der Waals surface area contributed by atoms with Gasteiger partial charge in [0.25, 0.3) is 5.17 Å². The Balaban J connectivity index is 2.11. The molecular formula is C24H18N2OS. The lowest BCUT2D eigenvalue weighted by Gasteiger charge is -2.19. The molecule has 4 aromatic rings. The largest absolute Gasteiger partial charge is 0.431 e. The first-order valence-corrected chi connectivity index (χ1v) is 9.34. The Kier molecular flexibility index (Phi) is 4.68. The monoisotopic (exact) mass is 382 g/mol. The first-order valence-electron chi connectivity index (χ1n) is 8.93. The van der Waals surface area contributed by atoms with Crippen molar-refractivity contribution in [1.29, 1.82) is 5.26 Å². The molecule has 0 radical (unpaired) electrons. The molecule has 0 bridgehead atoms. The topological polar surface area (TPSA) is 36.3 Å². The molecule has 4 aromatic carbocycles. The van der Waals surface area contributed by atoms with E-state index in [2.05, 4.69) is 30.3 Å². The summed E-state index contributed by atoms with van der Waals surface area (Å²) in [5.41, 5.74) is 2.56. The fourth-order valence-corrected chi connectivity index (χ4v) is 3.52. The van der Waals surface area contributed by atoms with E-state index in [1.807, 2.05) is 56.6 Å². The predicted octanol–water partition coefficient (Wildman–Crippen LogP) is 5.76. The van der Waals surface area contributed by atoms with Gasteiger partial charge in [0.2, 0.25) is 0 Å². The Morgan fingerprint density at radius 2 is 1.54 bits per heavy atom. The van der Waals surface area contributed by atoms with Crippen molar-refractivity contribution < 1.29 is 4.74 Å². The average Bonchev–Trinajstić information content (AvgIpc) is 2.72. The van der Waals surface area contributed by atoms with E-state index >= 15 is 0 Å². The molecule has 0 aliphatic heterocycles. The number of benzene rings is 4. The highest BCUT2D eigenvalue weighted by Crippen LogP contribution is 2.42. The highest BCUT2D eigenvalue weighted by molar-refractivity contribution is 7.80. The van der Waals surface area contributed by atoms with Crippen molar-refractivity contribution in [2.75, 3.05) is 14.1 Å². The Hall–Kier alpha value is -3.42. The smallest absolute Gasteiger partial charge is 0.264 e. The van der Waals surface area contributed by atoms with Gasteiger partial charge < -0.3 is 9.64 Å². The molecule has 0 heterocycles. The Labute approximate surface area is 169 Å². The summed E-state index contributed by atoms with van der Waals surface area (Å²) >= 11 is 5.39. The van der Waals surface area contributed by atoms with Gasteiger partial charge in [-0.2, -0.15) is 5.26 Å². The second kappa shape index (κ2) is 7.30. The predicted molar refractivity (Wildman–Crippen MR) is 119 cm³/mol. The van der Waals surface area contributed by atoms with Crippen LogP contribution in [0.5, 0.6) is 5.75 Å². The minimum absolute atomic E-state index is 0.348. The quantitative estimate of drug-likeness (QED) is 0.413. The molecular weight excluding hydrogens is 364 g/mol. The standard InChI is InChI=1S/C24H18N2OS/c1-26(2)24(28)27-22-14-17(15-25)19-11-5-6-12-20(19)23(22)21-13-7-9-16-8-3-4-10-18(16)21/h3-14H,1-2H3. The Bertz CT molecular complexity index is 1250. The third-order valence-corrected chi connectivity index (χ3v) is 5.20. The first kappa shape index (κ1) is 18.0. The second-order valence-electron chi connectivity index (χ2n) is 6.74. The van der Waals surface area contributed by atoms with E-state index in [1.165, 1.54) is 0 Å². The van der Waals surface area contributed by atoms with Crippen LogP contribution in [0.4, 0.5) is 0 Å². The van der Waals surface area contributed by atoms with E-state index in [0.29, 0.717) is 16.5 Å². The van der Waals surface area contributed by atoms with Gasteiger partial charge in [-0.25, -0.2) is 0 Å². The minimum Gasteiger partial charge on any atom is -0.431 e. The normalized spacial score (nSPS) is 10.6. The molecule has 0 fully saturated rings. The zero-order chi connectivity index (χ0) is 19.7. The first-order chi connectivity index (χ1) is 13.6. The molecule has 136 valence electrons. The summed E-state index contributed by atoms with van der Waals surface area (Å²) in [5.74, 6) is 0.588. The molecule has 0 amide bonds. The van der Waals surface area contributed by atoms with Crippen LogP contribution in [0.1, 0.15) is 5.56 Å². The van der Waals surface area contributed by atoms with Crippen LogP contribution in [0.3, 0.4) is 0 Å². The van der Waals surface area contributed by atoms with E-state index in [9.17, 15) is 5.26 Å². The zero-order valence-electron chi connectivity index (χ0n) is 15.6. The molecule has 3 nitrogen and oxygen atoms in total. The summed E-state index contributed by atoms with van der Waals surface area (Å²) in [7, 11) is 3.68. The van der Waals surface area contributed by atoms with Crippen molar-refractivity contribution in [3.05, 3.63) is 78.4 Å². The maximum atomic E-state index is 9.69. The van der Waals surface area contributed by atoms with Crippen LogP contribution >= 0.6 is 12.2 Å². The average molecular weight is 382 g/mol. The summed E-state index contributed by atoms with van der Waals surface area (Å²) in [4.78, 5) is 1.74. The second-order valence-corrected chi connectivity index (χ2v) is 7.09. The van der Waals surface area contributed by atoms with Gasteiger partial charge in [-0.05, 0) is 40.0 Å². The minimum atomic E-state index is 0.348. The maximum absolute atomic E-state index is 9.69. The van der Waals surface area contributed by atoms with Crippen molar-refractivity contribution in [1.82, 2.24) is 4.90 Å². The number of rotatable bonds is 2. The molecule has 0 aromatic heterocycles. The highest BCUT2D eigenvalue weighted by atomic mass is 32.1. The van der Waals surface area contributed by atoms with Crippen LogP contribution in [-0.4, -0.2) is 24.2 Å². The number of ether oxygens (including phenoxy) is 1. The number of fused-ring (bicyclic) bond motifs is 2. The molecule has 0 saturated carbocycles. The van der Waals surface area contributed by atoms with Crippen LogP contribution in [0.25, 0.3) is 32.7 Å². The van der Waals surface area contributed by atoms with Gasteiger partial charge in [0.05, 0.1) is 11.6 Å². The number of hydrogen-bond acceptors (Lipinski definition) is 3. The third kappa shape index (κ3) is 3.06. The van der Waals surface area contributed by atoms with E-state index in [4.69, 9.17) is 17.0 Å². The molecule has 0 N–H and O–H groups in total. The van der Waals surface area contributed by atoms with Crippen molar-refractivity contribution in [2.45, 2.75) is 0 Å². The van der Waals surface area contributed by atoms with Crippen molar-refractivity contribution in [2.24, 2.45) is 0 Å². The van der Waals surface area contributed by atoms with Crippen molar-refractivity contribution in [3.8, 4) is 22.9 Å². The lowest BCUT2D eigenvalue weighted by Crippen LogP contribution is -2.25. The van der Waals surface area contributed by atoms with E-state index < -0.39 is 0 Å². The zero-order valence-corrected chi connectivity index (χ0v) is 16.5. The van der Waals surface area contributed by atoms with Gasteiger partial charge in [0, 0.05) is 25.0 Å². The van der Waals surface area contributed by atoms with Gasteiger partial charge in [0.1, 0.15) is 5.75 Å². The third-order valence-electron chi connectivity index (χ3n) is 4.75. The van der Waals surface area contributed by atoms with Gasteiger partial charge in [-0.15, -0.1) is 0 Å². The summed E-state index contributed by atoms with van der Waals surface area (Å²) in [6.45, 7) is 0. The molecule has 0 atom stereocenters. The van der Waals surface area contributed by atoms with Gasteiger partial charge in [0.15, 0.2) is 0 Å². The SMILES string of the molecule is CN(C)C(=S)Oc1cc(C#N)c2ccccc2c1-c1cccc2ccccc12. The van der Waals surface area contributed by atoms with Crippen LogP contribution in [0.2, 0.25) is 0 Å². The fraction of sp³-hybridized carbons (Fsp3) is 0.0833. The Morgan fingerprint density at radius 1 is 0.893 bits per heavy atom. The van der Waals surface area contributed by atoms with E-state index in [-0.39, 0.29) is 0 Å². The van der Waals surface area contributed by atoms with E-state index in [0.717, 1.165) is 32.7 Å². The number of nitrogens with zero attached hydrogens (tertiary/aromatic N) is 2. The van der Waals surface area contributed by atoms with Gasteiger partial charge in [-0.1, -0.05) is 66.7 Å². The summed E-state index contributed by atoms with van der Waals surface area (Å²) < 4.78 is 6.07. The van der Waals surface area contributed by atoms with Crippen molar-refractivity contribution >= 4 is 38.9 Å². The van der Waals surface area contributed by atoms with Crippen LogP contribution < -0.4 is 4.74 Å². The van der Waals surface area contributed by atoms with Gasteiger partial charge in [-0.3, -0.25) is 0 Å². The summed E-state index contributed by atoms with van der Waals surface area (Å²) in [6, 6.07) is 26.5. The van der Waals surface area contributed by atoms with Crippen LogP contribution in [-0.2, 0) is 0 Å². The lowest BCUT2D eigenvalue weighted by atomic mass is 9.91. The number of nitriles is 1. The molecule has 0 aliphatic rings.